The van der Waals surface area contributed by atoms with Gasteiger partial charge in [-0.3, -0.25) is 0 Å². The van der Waals surface area contributed by atoms with E-state index in [9.17, 15) is 5.11 Å². The van der Waals surface area contributed by atoms with E-state index in [-0.39, 0.29) is 5.75 Å². The lowest BCUT2D eigenvalue weighted by molar-refractivity contribution is 0.478. The zero-order valence-electron chi connectivity index (χ0n) is 14.0. The van der Waals surface area contributed by atoms with Gasteiger partial charge in [-0.05, 0) is 35.7 Å². The topological polar surface area (TPSA) is 57.0 Å². The maximum atomic E-state index is 10.1. The number of rotatable bonds is 4. The summed E-state index contributed by atoms with van der Waals surface area (Å²) >= 11 is 0. The Bertz CT molecular complexity index is 1070. The van der Waals surface area contributed by atoms with Gasteiger partial charge in [0, 0.05) is 5.39 Å². The minimum atomic E-state index is 0.187. The molecule has 0 radical (unpaired) electrons. The standard InChI is InChI=1S/C22H17N3O/c26-21-13-7-6-12-19(21)23-20-15-14-16-8-4-5-11-18(16)22(20)25-24-17-9-2-1-3-10-17/h1-15,23,26H. The first-order valence-corrected chi connectivity index (χ1v) is 8.35. The van der Waals surface area contributed by atoms with Crippen LogP contribution in [0.3, 0.4) is 0 Å². The smallest absolute Gasteiger partial charge is 0.139 e. The van der Waals surface area contributed by atoms with Gasteiger partial charge in [-0.2, -0.15) is 5.11 Å². The van der Waals surface area contributed by atoms with E-state index in [4.69, 9.17) is 0 Å². The summed E-state index contributed by atoms with van der Waals surface area (Å²) in [5.41, 5.74) is 2.92. The van der Waals surface area contributed by atoms with Crippen molar-refractivity contribution in [2.45, 2.75) is 0 Å². The molecule has 4 nitrogen and oxygen atoms in total. The van der Waals surface area contributed by atoms with Crippen molar-refractivity contribution >= 4 is 33.5 Å². The summed E-state index contributed by atoms with van der Waals surface area (Å²) in [5.74, 6) is 0.187. The predicted octanol–water partition coefficient (Wildman–Crippen LogP) is 6.70. The summed E-state index contributed by atoms with van der Waals surface area (Å²) in [5, 5.41) is 24.3. The van der Waals surface area contributed by atoms with Crippen molar-refractivity contribution in [1.29, 1.82) is 0 Å². The third kappa shape index (κ3) is 3.26. The van der Waals surface area contributed by atoms with Crippen LogP contribution in [-0.2, 0) is 0 Å². The molecule has 0 aliphatic carbocycles. The Morgan fingerprint density at radius 1 is 0.615 bits per heavy atom. The number of benzene rings is 4. The maximum Gasteiger partial charge on any atom is 0.139 e. The van der Waals surface area contributed by atoms with Gasteiger partial charge >= 0.3 is 0 Å². The number of azo groups is 1. The predicted molar refractivity (Wildman–Crippen MR) is 106 cm³/mol. The minimum absolute atomic E-state index is 0.187. The van der Waals surface area contributed by atoms with Crippen molar-refractivity contribution in [2.75, 3.05) is 5.32 Å². The largest absolute Gasteiger partial charge is 0.506 e. The molecular formula is C22H17N3O. The number of fused-ring (bicyclic) bond motifs is 1. The van der Waals surface area contributed by atoms with Crippen LogP contribution in [-0.4, -0.2) is 5.11 Å². The SMILES string of the molecule is Oc1ccccc1Nc1ccc2ccccc2c1N=Nc1ccccc1. The number of nitrogens with zero attached hydrogens (tertiary/aromatic N) is 2. The molecule has 0 aliphatic heterocycles. The molecule has 0 saturated heterocycles. The van der Waals surface area contributed by atoms with Crippen molar-refractivity contribution in [1.82, 2.24) is 0 Å². The number of aromatic hydroxyl groups is 1. The van der Waals surface area contributed by atoms with Crippen LogP contribution in [0.5, 0.6) is 5.75 Å². The molecule has 0 saturated carbocycles. The lowest BCUT2D eigenvalue weighted by Crippen LogP contribution is -1.91. The normalized spacial score (nSPS) is 11.1. The second-order valence-electron chi connectivity index (χ2n) is 5.86. The van der Waals surface area contributed by atoms with Crippen molar-refractivity contribution in [3.05, 3.63) is 91.0 Å². The first-order chi connectivity index (χ1) is 12.8. The molecule has 0 amide bonds. The Kier molecular flexibility index (Phi) is 4.31. The zero-order valence-corrected chi connectivity index (χ0v) is 14.0. The molecule has 0 aromatic heterocycles. The molecule has 0 aliphatic rings. The third-order valence-electron chi connectivity index (χ3n) is 4.10. The fraction of sp³-hybridized carbons (Fsp3) is 0. The molecule has 4 aromatic rings. The highest BCUT2D eigenvalue weighted by Gasteiger charge is 2.09. The summed E-state index contributed by atoms with van der Waals surface area (Å²) in [6.07, 6.45) is 0. The molecule has 2 N–H and O–H groups in total. The Morgan fingerprint density at radius 2 is 1.35 bits per heavy atom. The van der Waals surface area contributed by atoms with Crippen LogP contribution < -0.4 is 5.32 Å². The van der Waals surface area contributed by atoms with E-state index in [0.29, 0.717) is 5.69 Å². The second-order valence-corrected chi connectivity index (χ2v) is 5.86. The van der Waals surface area contributed by atoms with E-state index >= 15 is 0 Å². The Hall–Kier alpha value is -3.66. The van der Waals surface area contributed by atoms with Gasteiger partial charge in [-0.25, -0.2) is 0 Å². The van der Waals surface area contributed by atoms with E-state index in [2.05, 4.69) is 15.5 Å². The highest BCUT2D eigenvalue weighted by molar-refractivity contribution is 5.99. The highest BCUT2D eigenvalue weighted by atomic mass is 16.3. The second kappa shape index (κ2) is 7.07. The average Bonchev–Trinajstić information content (AvgIpc) is 2.69. The Labute approximate surface area is 151 Å². The van der Waals surface area contributed by atoms with Crippen LogP contribution in [0.15, 0.2) is 101 Å². The summed E-state index contributed by atoms with van der Waals surface area (Å²) in [6, 6.07) is 28.8. The number of nitrogens with one attached hydrogen (secondary N) is 1. The minimum Gasteiger partial charge on any atom is -0.506 e. The van der Waals surface area contributed by atoms with E-state index in [1.165, 1.54) is 0 Å². The molecule has 26 heavy (non-hydrogen) atoms. The summed E-state index contributed by atoms with van der Waals surface area (Å²) < 4.78 is 0. The van der Waals surface area contributed by atoms with Gasteiger partial charge in [-0.1, -0.05) is 60.7 Å². The van der Waals surface area contributed by atoms with Gasteiger partial charge in [0.2, 0.25) is 0 Å². The highest BCUT2D eigenvalue weighted by Crippen LogP contribution is 2.38. The molecule has 4 heteroatoms. The summed E-state index contributed by atoms with van der Waals surface area (Å²) in [6.45, 7) is 0. The third-order valence-corrected chi connectivity index (χ3v) is 4.10. The maximum absolute atomic E-state index is 10.1. The Morgan fingerprint density at radius 3 is 2.19 bits per heavy atom. The molecule has 0 spiro atoms. The van der Waals surface area contributed by atoms with Gasteiger partial charge in [0.05, 0.1) is 17.1 Å². The van der Waals surface area contributed by atoms with Gasteiger partial charge in [0.1, 0.15) is 11.4 Å². The van der Waals surface area contributed by atoms with Gasteiger partial charge in [-0.15, -0.1) is 5.11 Å². The van der Waals surface area contributed by atoms with Crippen LogP contribution in [0.1, 0.15) is 0 Å². The number of phenolic OH excluding ortho intramolecular Hbond substituents is 1. The van der Waals surface area contributed by atoms with E-state index in [1.54, 1.807) is 12.1 Å². The fourth-order valence-electron chi connectivity index (χ4n) is 2.79. The molecule has 0 heterocycles. The van der Waals surface area contributed by atoms with E-state index in [1.807, 2.05) is 78.9 Å². The first-order valence-electron chi connectivity index (χ1n) is 8.35. The molecule has 4 rings (SSSR count). The van der Waals surface area contributed by atoms with Crippen LogP contribution in [0.25, 0.3) is 10.8 Å². The fourth-order valence-corrected chi connectivity index (χ4v) is 2.79. The van der Waals surface area contributed by atoms with E-state index < -0.39 is 0 Å². The van der Waals surface area contributed by atoms with Crippen LogP contribution in [0, 0.1) is 0 Å². The van der Waals surface area contributed by atoms with Crippen molar-refractivity contribution in [3.8, 4) is 5.75 Å². The summed E-state index contributed by atoms with van der Waals surface area (Å²) in [7, 11) is 0. The monoisotopic (exact) mass is 339 g/mol. The van der Waals surface area contributed by atoms with Gasteiger partial charge in [0.25, 0.3) is 0 Å². The zero-order chi connectivity index (χ0) is 17.8. The quantitative estimate of drug-likeness (QED) is 0.321. The van der Waals surface area contributed by atoms with Gasteiger partial charge < -0.3 is 10.4 Å². The van der Waals surface area contributed by atoms with Crippen LogP contribution in [0.2, 0.25) is 0 Å². The van der Waals surface area contributed by atoms with Crippen molar-refractivity contribution < 1.29 is 5.11 Å². The average molecular weight is 339 g/mol. The van der Waals surface area contributed by atoms with Crippen molar-refractivity contribution in [3.63, 3.8) is 0 Å². The van der Waals surface area contributed by atoms with Gasteiger partial charge in [0.15, 0.2) is 0 Å². The molecule has 126 valence electrons. The van der Waals surface area contributed by atoms with Crippen LogP contribution >= 0.6 is 0 Å². The number of para-hydroxylation sites is 2. The molecule has 4 aromatic carbocycles. The number of phenols is 1. The molecule has 0 fully saturated rings. The molecule has 0 atom stereocenters. The van der Waals surface area contributed by atoms with Crippen LogP contribution in [0.4, 0.5) is 22.7 Å². The van der Waals surface area contributed by atoms with E-state index in [0.717, 1.165) is 27.8 Å². The number of anilines is 2. The summed E-state index contributed by atoms with van der Waals surface area (Å²) in [4.78, 5) is 0. The number of hydrogen-bond acceptors (Lipinski definition) is 4. The number of hydrogen-bond donors (Lipinski definition) is 2. The van der Waals surface area contributed by atoms with Crippen molar-refractivity contribution in [2.24, 2.45) is 10.2 Å². The molecular weight excluding hydrogens is 322 g/mol. The molecule has 0 unspecified atom stereocenters. The lowest BCUT2D eigenvalue weighted by atomic mass is 10.1. The lowest BCUT2D eigenvalue weighted by Gasteiger charge is -2.12. The molecule has 0 bridgehead atoms. The Balaban J connectivity index is 1.82. The first kappa shape index (κ1) is 15.8.